The van der Waals surface area contributed by atoms with Gasteiger partial charge < -0.3 is 9.88 Å². The number of hydrogen-bond donors (Lipinski definition) is 1. The van der Waals surface area contributed by atoms with Gasteiger partial charge in [0.2, 0.25) is 0 Å². The van der Waals surface area contributed by atoms with E-state index >= 15 is 0 Å². The third-order valence-corrected chi connectivity index (χ3v) is 4.61. The molecular weight excluding hydrogens is 304 g/mol. The Balaban J connectivity index is 1.71. The molecule has 1 atom stereocenters. The Labute approximate surface area is 138 Å². The number of nitrogens with one attached hydrogen (secondary N) is 1. The molecule has 122 valence electrons. The lowest BCUT2D eigenvalue weighted by Gasteiger charge is -2.23. The first-order chi connectivity index (χ1) is 11.6. The standard InChI is InChI=1S/C18H18N4O2/c1-21-11-13(10-19-21)16-7-4-8-22(16)18(24)15-9-12-5-2-3-6-14(12)17(23)20-15/h2-3,5-6,9-11,16H,4,7-8H2,1H3,(H,20,23)/t16-/m0/s1. The van der Waals surface area contributed by atoms with Gasteiger partial charge >= 0.3 is 0 Å². The lowest BCUT2D eigenvalue weighted by molar-refractivity contribution is 0.0729. The number of likely N-dealkylation sites (tertiary alicyclic amines) is 1. The number of rotatable bonds is 2. The number of carbonyl (C=O) groups excluding carboxylic acids is 1. The van der Waals surface area contributed by atoms with Gasteiger partial charge in [-0.2, -0.15) is 5.10 Å². The minimum Gasteiger partial charge on any atom is -0.330 e. The highest BCUT2D eigenvalue weighted by Gasteiger charge is 2.31. The normalized spacial score (nSPS) is 17.5. The van der Waals surface area contributed by atoms with Crippen LogP contribution in [0.25, 0.3) is 10.8 Å². The highest BCUT2D eigenvalue weighted by molar-refractivity contribution is 5.96. The van der Waals surface area contributed by atoms with E-state index in [-0.39, 0.29) is 17.5 Å². The zero-order valence-corrected chi connectivity index (χ0v) is 13.4. The van der Waals surface area contributed by atoms with E-state index in [1.807, 2.05) is 36.3 Å². The summed E-state index contributed by atoms with van der Waals surface area (Å²) in [5, 5.41) is 5.58. The third-order valence-electron chi connectivity index (χ3n) is 4.61. The molecule has 0 bridgehead atoms. The van der Waals surface area contributed by atoms with Gasteiger partial charge in [0.15, 0.2) is 0 Å². The molecule has 0 unspecified atom stereocenters. The number of amides is 1. The van der Waals surface area contributed by atoms with Gasteiger partial charge in [0.25, 0.3) is 11.5 Å². The van der Waals surface area contributed by atoms with Gasteiger partial charge in [-0.25, -0.2) is 0 Å². The SMILES string of the molecule is Cn1cc([C@@H]2CCCN2C(=O)c2cc3ccccc3c(=O)[nH]2)cn1. The molecule has 0 spiro atoms. The van der Waals surface area contributed by atoms with Crippen molar-refractivity contribution in [3.63, 3.8) is 0 Å². The van der Waals surface area contributed by atoms with Gasteiger partial charge in [-0.3, -0.25) is 14.3 Å². The molecule has 0 radical (unpaired) electrons. The highest BCUT2D eigenvalue weighted by atomic mass is 16.2. The first kappa shape index (κ1) is 14.7. The van der Waals surface area contributed by atoms with Crippen LogP contribution in [0.4, 0.5) is 0 Å². The second kappa shape index (κ2) is 5.63. The van der Waals surface area contributed by atoms with Crippen LogP contribution in [0.3, 0.4) is 0 Å². The number of aromatic nitrogens is 3. The molecule has 1 aliphatic rings. The van der Waals surface area contributed by atoms with Gasteiger partial charge in [0.1, 0.15) is 5.69 Å². The van der Waals surface area contributed by atoms with Crippen LogP contribution in [-0.4, -0.2) is 32.1 Å². The number of pyridine rings is 1. The van der Waals surface area contributed by atoms with E-state index in [0.717, 1.165) is 23.8 Å². The maximum atomic E-state index is 13.0. The highest BCUT2D eigenvalue weighted by Crippen LogP contribution is 2.32. The molecule has 2 aromatic heterocycles. The van der Waals surface area contributed by atoms with E-state index < -0.39 is 0 Å². The van der Waals surface area contributed by atoms with E-state index in [2.05, 4.69) is 10.1 Å². The number of nitrogens with zero attached hydrogens (tertiary/aromatic N) is 3. The maximum Gasteiger partial charge on any atom is 0.270 e. The number of benzene rings is 1. The minimum atomic E-state index is -0.228. The zero-order chi connectivity index (χ0) is 16.7. The zero-order valence-electron chi connectivity index (χ0n) is 13.4. The fraction of sp³-hybridized carbons (Fsp3) is 0.278. The molecule has 0 saturated carbocycles. The van der Waals surface area contributed by atoms with E-state index in [9.17, 15) is 9.59 Å². The largest absolute Gasteiger partial charge is 0.330 e. The second-order valence-corrected chi connectivity index (χ2v) is 6.20. The van der Waals surface area contributed by atoms with Crippen molar-refractivity contribution in [2.75, 3.05) is 6.54 Å². The smallest absolute Gasteiger partial charge is 0.270 e. The summed E-state index contributed by atoms with van der Waals surface area (Å²) in [5.41, 5.74) is 1.15. The molecule has 1 N–H and O–H groups in total. The molecule has 1 fully saturated rings. The molecule has 0 aliphatic carbocycles. The summed E-state index contributed by atoms with van der Waals surface area (Å²) in [4.78, 5) is 29.8. The van der Waals surface area contributed by atoms with E-state index in [0.29, 0.717) is 17.6 Å². The molecule has 1 saturated heterocycles. The van der Waals surface area contributed by atoms with Crippen molar-refractivity contribution in [2.45, 2.75) is 18.9 Å². The first-order valence-electron chi connectivity index (χ1n) is 8.05. The number of hydrogen-bond acceptors (Lipinski definition) is 3. The van der Waals surface area contributed by atoms with Crippen LogP contribution < -0.4 is 5.56 Å². The molecule has 6 nitrogen and oxygen atoms in total. The Kier molecular flexibility index (Phi) is 3.45. The van der Waals surface area contributed by atoms with Crippen molar-refractivity contribution in [3.8, 4) is 0 Å². The molecule has 3 heterocycles. The summed E-state index contributed by atoms with van der Waals surface area (Å²) >= 11 is 0. The average molecular weight is 322 g/mol. The quantitative estimate of drug-likeness (QED) is 0.786. The fourth-order valence-electron chi connectivity index (χ4n) is 3.45. The van der Waals surface area contributed by atoms with Crippen molar-refractivity contribution in [2.24, 2.45) is 7.05 Å². The van der Waals surface area contributed by atoms with Crippen LogP contribution >= 0.6 is 0 Å². The number of carbonyl (C=O) groups is 1. The maximum absolute atomic E-state index is 13.0. The first-order valence-corrected chi connectivity index (χ1v) is 8.05. The number of fused-ring (bicyclic) bond motifs is 1. The number of aromatic amines is 1. The van der Waals surface area contributed by atoms with Gasteiger partial charge in [-0.15, -0.1) is 0 Å². The molecule has 1 aromatic carbocycles. The predicted molar refractivity (Wildman–Crippen MR) is 90.8 cm³/mol. The van der Waals surface area contributed by atoms with Crippen molar-refractivity contribution in [1.82, 2.24) is 19.7 Å². The summed E-state index contributed by atoms with van der Waals surface area (Å²) < 4.78 is 1.74. The lowest BCUT2D eigenvalue weighted by atomic mass is 10.1. The summed E-state index contributed by atoms with van der Waals surface area (Å²) in [7, 11) is 1.87. The fourth-order valence-corrected chi connectivity index (χ4v) is 3.45. The lowest BCUT2D eigenvalue weighted by Crippen LogP contribution is -2.32. The van der Waals surface area contributed by atoms with Gasteiger partial charge in [0.05, 0.1) is 12.2 Å². The third kappa shape index (κ3) is 2.40. The molecule has 24 heavy (non-hydrogen) atoms. The van der Waals surface area contributed by atoms with Crippen LogP contribution in [-0.2, 0) is 7.05 Å². The second-order valence-electron chi connectivity index (χ2n) is 6.20. The van der Waals surface area contributed by atoms with Crippen LogP contribution in [0.2, 0.25) is 0 Å². The molecule has 4 rings (SSSR count). The molecule has 1 amide bonds. The topological polar surface area (TPSA) is 71.0 Å². The van der Waals surface area contributed by atoms with Crippen molar-refractivity contribution >= 4 is 16.7 Å². The van der Waals surface area contributed by atoms with Gasteiger partial charge in [-0.1, -0.05) is 18.2 Å². The Bertz CT molecular complexity index is 972. The average Bonchev–Trinajstić information content (AvgIpc) is 3.22. The Hall–Kier alpha value is -2.89. The summed E-state index contributed by atoms with van der Waals surface area (Å²) in [5.74, 6) is -0.135. The van der Waals surface area contributed by atoms with E-state index in [1.165, 1.54) is 0 Å². The van der Waals surface area contributed by atoms with E-state index in [1.54, 1.807) is 23.0 Å². The molecular formula is C18H18N4O2. The number of H-pyrrole nitrogens is 1. The predicted octanol–water partition coefficient (Wildman–Crippen LogP) is 2.24. The van der Waals surface area contributed by atoms with Crippen LogP contribution in [0, 0.1) is 0 Å². The molecule has 1 aliphatic heterocycles. The van der Waals surface area contributed by atoms with Crippen molar-refractivity contribution in [1.29, 1.82) is 0 Å². The van der Waals surface area contributed by atoms with Crippen LogP contribution in [0.1, 0.15) is 34.9 Å². The monoisotopic (exact) mass is 322 g/mol. The van der Waals surface area contributed by atoms with Gasteiger partial charge in [0, 0.05) is 30.7 Å². The Morgan fingerprint density at radius 1 is 1.33 bits per heavy atom. The Morgan fingerprint density at radius 3 is 2.96 bits per heavy atom. The van der Waals surface area contributed by atoms with E-state index in [4.69, 9.17) is 0 Å². The molecule has 3 aromatic rings. The van der Waals surface area contributed by atoms with Crippen LogP contribution in [0.5, 0.6) is 0 Å². The Morgan fingerprint density at radius 2 is 2.17 bits per heavy atom. The summed E-state index contributed by atoms with van der Waals surface area (Å²) in [6, 6.07) is 9.07. The van der Waals surface area contributed by atoms with Gasteiger partial charge in [-0.05, 0) is 30.4 Å². The summed E-state index contributed by atoms with van der Waals surface area (Å²) in [6.07, 6.45) is 5.61. The molecule has 6 heteroatoms. The van der Waals surface area contributed by atoms with Crippen molar-refractivity contribution < 1.29 is 4.79 Å². The number of aryl methyl sites for hydroxylation is 1. The van der Waals surface area contributed by atoms with Crippen molar-refractivity contribution in [3.05, 3.63) is 64.3 Å². The van der Waals surface area contributed by atoms with Crippen LogP contribution in [0.15, 0.2) is 47.5 Å². The summed E-state index contributed by atoms with van der Waals surface area (Å²) in [6.45, 7) is 0.688. The minimum absolute atomic E-state index is 0.0150.